The van der Waals surface area contributed by atoms with Crippen molar-refractivity contribution in [1.82, 2.24) is 0 Å². The van der Waals surface area contributed by atoms with Crippen LogP contribution in [0.1, 0.15) is 142 Å². The summed E-state index contributed by atoms with van der Waals surface area (Å²) in [6.45, 7) is 5.42. The number of nitrogens with two attached hydrogens (primary N) is 1. The molecule has 0 aliphatic carbocycles. The molecule has 0 fully saturated rings. The maximum atomic E-state index is 6.07. The summed E-state index contributed by atoms with van der Waals surface area (Å²) < 4.78 is 5.76. The molecule has 1 unspecified atom stereocenters. The molecule has 0 saturated heterocycles. The molecule has 0 saturated carbocycles. The van der Waals surface area contributed by atoms with Gasteiger partial charge in [-0.1, -0.05) is 123 Å². The van der Waals surface area contributed by atoms with Gasteiger partial charge < -0.3 is 10.5 Å². The first kappa shape index (κ1) is 25.9. The second kappa shape index (κ2) is 23.0. The van der Waals surface area contributed by atoms with Crippen molar-refractivity contribution < 1.29 is 4.74 Å². The first-order chi connectivity index (χ1) is 12.8. The van der Waals surface area contributed by atoms with Crippen molar-refractivity contribution in [3.63, 3.8) is 0 Å². The molecule has 0 aromatic rings. The van der Waals surface area contributed by atoms with Crippen LogP contribution >= 0.6 is 0 Å². The highest BCUT2D eigenvalue weighted by Crippen LogP contribution is 2.12. The lowest BCUT2D eigenvalue weighted by atomic mass is 10.1. The fourth-order valence-electron chi connectivity index (χ4n) is 3.56. The lowest BCUT2D eigenvalue weighted by Crippen LogP contribution is -2.24. The predicted octanol–water partition coefficient (Wildman–Crippen LogP) is 8.13. The maximum Gasteiger partial charge on any atom is 0.105 e. The van der Waals surface area contributed by atoms with Crippen molar-refractivity contribution in [2.75, 3.05) is 6.61 Å². The van der Waals surface area contributed by atoms with Gasteiger partial charge >= 0.3 is 0 Å². The summed E-state index contributed by atoms with van der Waals surface area (Å²) in [7, 11) is 0. The van der Waals surface area contributed by atoms with Crippen molar-refractivity contribution in [3.05, 3.63) is 0 Å². The number of rotatable bonds is 22. The van der Waals surface area contributed by atoms with Gasteiger partial charge in [-0.25, -0.2) is 0 Å². The van der Waals surface area contributed by atoms with E-state index in [9.17, 15) is 0 Å². The second-order valence-electron chi connectivity index (χ2n) is 8.21. The molecule has 2 heteroatoms. The summed E-state index contributed by atoms with van der Waals surface area (Å²) in [5, 5.41) is 0. The molecule has 26 heavy (non-hydrogen) atoms. The summed E-state index contributed by atoms with van der Waals surface area (Å²) in [5.41, 5.74) is 6.07. The van der Waals surface area contributed by atoms with Crippen molar-refractivity contribution in [2.24, 2.45) is 5.73 Å². The first-order valence-electron chi connectivity index (χ1n) is 12.2. The topological polar surface area (TPSA) is 35.2 Å². The minimum absolute atomic E-state index is 0.0295. The van der Waals surface area contributed by atoms with Gasteiger partial charge in [0.1, 0.15) is 6.23 Å². The van der Waals surface area contributed by atoms with Crippen LogP contribution in [0.2, 0.25) is 0 Å². The Morgan fingerprint density at radius 1 is 0.500 bits per heavy atom. The Hall–Kier alpha value is -0.0800. The summed E-state index contributed by atoms with van der Waals surface area (Å²) >= 11 is 0. The quantitative estimate of drug-likeness (QED) is 0.154. The molecule has 158 valence electrons. The van der Waals surface area contributed by atoms with E-state index < -0.39 is 0 Å². The zero-order chi connectivity index (χ0) is 19.1. The number of ether oxygens (including phenoxy) is 1. The van der Waals surface area contributed by atoms with Gasteiger partial charge in [0.15, 0.2) is 0 Å². The third-order valence-corrected chi connectivity index (χ3v) is 5.42. The summed E-state index contributed by atoms with van der Waals surface area (Å²) in [6, 6.07) is 0. The molecular formula is C24H51NO. The molecule has 0 aromatic carbocycles. The Labute approximate surface area is 166 Å². The van der Waals surface area contributed by atoms with Crippen molar-refractivity contribution >= 4 is 0 Å². The van der Waals surface area contributed by atoms with Crippen molar-refractivity contribution in [2.45, 2.75) is 148 Å². The van der Waals surface area contributed by atoms with E-state index in [0.29, 0.717) is 0 Å². The van der Waals surface area contributed by atoms with Gasteiger partial charge in [0.05, 0.1) is 0 Å². The van der Waals surface area contributed by atoms with E-state index in [0.717, 1.165) is 13.0 Å². The van der Waals surface area contributed by atoms with Crippen molar-refractivity contribution in [3.8, 4) is 0 Å². The Bertz CT molecular complexity index is 244. The van der Waals surface area contributed by atoms with Crippen LogP contribution in [0.15, 0.2) is 0 Å². The Morgan fingerprint density at radius 3 is 1.27 bits per heavy atom. The molecule has 0 aliphatic rings. The van der Waals surface area contributed by atoms with Crippen LogP contribution in [0, 0.1) is 0 Å². The molecule has 2 nitrogen and oxygen atoms in total. The second-order valence-corrected chi connectivity index (χ2v) is 8.21. The van der Waals surface area contributed by atoms with Gasteiger partial charge in [-0.2, -0.15) is 0 Å². The van der Waals surface area contributed by atoms with Crippen LogP contribution in [0.25, 0.3) is 0 Å². The smallest absolute Gasteiger partial charge is 0.105 e. The minimum Gasteiger partial charge on any atom is -0.364 e. The molecule has 0 aliphatic heterocycles. The molecule has 0 spiro atoms. The fraction of sp³-hybridized carbons (Fsp3) is 1.00. The Morgan fingerprint density at radius 2 is 0.846 bits per heavy atom. The molecule has 0 amide bonds. The standard InChI is InChI=1S/C24H51NO/c1-3-5-7-9-11-13-15-17-19-21-23-26-24(25)22-20-18-16-14-12-10-8-6-4-2/h24H,3-23,25H2,1-2H3. The van der Waals surface area contributed by atoms with Crippen molar-refractivity contribution in [1.29, 1.82) is 0 Å². The minimum atomic E-state index is -0.0295. The van der Waals surface area contributed by atoms with E-state index in [1.807, 2.05) is 0 Å². The largest absolute Gasteiger partial charge is 0.364 e. The highest BCUT2D eigenvalue weighted by Gasteiger charge is 2.02. The fourth-order valence-corrected chi connectivity index (χ4v) is 3.56. The van der Waals surface area contributed by atoms with E-state index in [2.05, 4.69) is 13.8 Å². The van der Waals surface area contributed by atoms with Crippen LogP contribution < -0.4 is 5.73 Å². The lowest BCUT2D eigenvalue weighted by molar-refractivity contribution is 0.0475. The average Bonchev–Trinajstić information content (AvgIpc) is 2.64. The zero-order valence-corrected chi connectivity index (χ0v) is 18.4. The number of unbranched alkanes of at least 4 members (excludes halogenated alkanes) is 17. The summed E-state index contributed by atoms with van der Waals surface area (Å²) in [6.07, 6.45) is 27.1. The predicted molar refractivity (Wildman–Crippen MR) is 118 cm³/mol. The molecule has 0 bridgehead atoms. The van der Waals surface area contributed by atoms with Crippen LogP contribution in [0.5, 0.6) is 0 Å². The Balaban J connectivity index is 3.12. The molecule has 0 rings (SSSR count). The summed E-state index contributed by atoms with van der Waals surface area (Å²) in [4.78, 5) is 0. The van der Waals surface area contributed by atoms with Crippen LogP contribution in [-0.4, -0.2) is 12.8 Å². The van der Waals surface area contributed by atoms with Gasteiger partial charge in [-0.15, -0.1) is 0 Å². The highest BCUT2D eigenvalue weighted by atomic mass is 16.5. The zero-order valence-electron chi connectivity index (χ0n) is 18.4. The average molecular weight is 370 g/mol. The molecule has 0 heterocycles. The third kappa shape index (κ3) is 22.0. The lowest BCUT2D eigenvalue weighted by Gasteiger charge is -2.13. The Kier molecular flexibility index (Phi) is 22.9. The maximum absolute atomic E-state index is 6.07. The highest BCUT2D eigenvalue weighted by molar-refractivity contribution is 4.53. The SMILES string of the molecule is CCCCCCCCCCCCOC(N)CCCCCCCCCCC. The van der Waals surface area contributed by atoms with E-state index in [1.165, 1.54) is 122 Å². The van der Waals surface area contributed by atoms with Gasteiger partial charge in [-0.05, 0) is 19.3 Å². The van der Waals surface area contributed by atoms with Gasteiger partial charge in [0.25, 0.3) is 0 Å². The van der Waals surface area contributed by atoms with Crippen LogP contribution in [-0.2, 0) is 4.74 Å². The van der Waals surface area contributed by atoms with E-state index in [4.69, 9.17) is 10.5 Å². The van der Waals surface area contributed by atoms with Gasteiger partial charge in [0, 0.05) is 6.61 Å². The number of hydrogen-bond acceptors (Lipinski definition) is 2. The van der Waals surface area contributed by atoms with Gasteiger partial charge in [0.2, 0.25) is 0 Å². The molecule has 0 radical (unpaired) electrons. The molecular weight excluding hydrogens is 318 g/mol. The monoisotopic (exact) mass is 369 g/mol. The van der Waals surface area contributed by atoms with E-state index >= 15 is 0 Å². The normalized spacial score (nSPS) is 12.6. The molecule has 0 aromatic heterocycles. The first-order valence-corrected chi connectivity index (χ1v) is 12.2. The van der Waals surface area contributed by atoms with E-state index in [-0.39, 0.29) is 6.23 Å². The van der Waals surface area contributed by atoms with Crippen LogP contribution in [0.3, 0.4) is 0 Å². The third-order valence-electron chi connectivity index (χ3n) is 5.42. The summed E-state index contributed by atoms with van der Waals surface area (Å²) in [5.74, 6) is 0. The molecule has 2 N–H and O–H groups in total. The number of hydrogen-bond donors (Lipinski definition) is 1. The van der Waals surface area contributed by atoms with Gasteiger partial charge in [-0.3, -0.25) is 0 Å². The van der Waals surface area contributed by atoms with E-state index in [1.54, 1.807) is 0 Å². The van der Waals surface area contributed by atoms with Crippen LogP contribution in [0.4, 0.5) is 0 Å². The molecule has 1 atom stereocenters.